The Morgan fingerprint density at radius 3 is 2.17 bits per heavy atom. The molecular weight excluding hydrogens is 610 g/mol. The summed E-state index contributed by atoms with van der Waals surface area (Å²) in [5.41, 5.74) is 1.24. The molecule has 236 valence electrons. The first-order valence-electron chi connectivity index (χ1n) is 13.8. The fourth-order valence-corrected chi connectivity index (χ4v) is 5.00. The van der Waals surface area contributed by atoms with E-state index in [9.17, 15) is 29.4 Å². The van der Waals surface area contributed by atoms with Gasteiger partial charge in [-0.15, -0.1) is 11.8 Å². The van der Waals surface area contributed by atoms with Gasteiger partial charge in [0.15, 0.2) is 0 Å². The number of phenols is 1. The molecule has 11 nitrogen and oxygen atoms in total. The summed E-state index contributed by atoms with van der Waals surface area (Å²) >= 11 is 1.25. The summed E-state index contributed by atoms with van der Waals surface area (Å²) in [6.45, 7) is 1.69. The third kappa shape index (κ3) is 8.67. The molecule has 1 unspecified atom stereocenters. The molecule has 0 aromatic heterocycles. The van der Waals surface area contributed by atoms with E-state index in [-0.39, 0.29) is 22.9 Å². The molecule has 0 spiro atoms. The van der Waals surface area contributed by atoms with E-state index in [0.29, 0.717) is 28.3 Å². The van der Waals surface area contributed by atoms with Gasteiger partial charge in [0.2, 0.25) is 5.91 Å². The van der Waals surface area contributed by atoms with Gasteiger partial charge in [0.1, 0.15) is 28.5 Å². The van der Waals surface area contributed by atoms with Crippen molar-refractivity contribution in [2.75, 3.05) is 24.9 Å². The number of hydrogen-bond donors (Lipinski definition) is 5. The van der Waals surface area contributed by atoms with E-state index in [4.69, 9.17) is 9.47 Å². The van der Waals surface area contributed by atoms with Crippen molar-refractivity contribution in [3.05, 3.63) is 113 Å². The summed E-state index contributed by atoms with van der Waals surface area (Å²) in [5.74, 6) is -2.14. The van der Waals surface area contributed by atoms with Crippen LogP contribution >= 0.6 is 11.8 Å². The molecule has 3 amide bonds. The van der Waals surface area contributed by atoms with E-state index < -0.39 is 28.8 Å². The highest BCUT2D eigenvalue weighted by Crippen LogP contribution is 2.28. The van der Waals surface area contributed by atoms with Gasteiger partial charge >= 0.3 is 5.97 Å². The van der Waals surface area contributed by atoms with E-state index in [0.717, 1.165) is 4.90 Å². The minimum absolute atomic E-state index is 0.0265. The number of ether oxygens (including phenoxy) is 2. The van der Waals surface area contributed by atoms with Crippen molar-refractivity contribution in [2.24, 2.45) is 0 Å². The van der Waals surface area contributed by atoms with Crippen LogP contribution in [0.4, 0.5) is 11.4 Å². The highest BCUT2D eigenvalue weighted by Gasteiger charge is 2.19. The van der Waals surface area contributed by atoms with E-state index in [1.165, 1.54) is 50.3 Å². The zero-order valence-corrected chi connectivity index (χ0v) is 25.9. The van der Waals surface area contributed by atoms with E-state index in [1.807, 2.05) is 0 Å². The first kappa shape index (κ1) is 33.1. The maximum absolute atomic E-state index is 13.4. The Morgan fingerprint density at radius 1 is 0.826 bits per heavy atom. The number of carbonyl (C=O) groups is 4. The summed E-state index contributed by atoms with van der Waals surface area (Å²) in [6, 6.07) is 24.1. The molecule has 0 heterocycles. The number of amides is 3. The van der Waals surface area contributed by atoms with Crippen LogP contribution in [-0.2, 0) is 9.59 Å². The largest absolute Gasteiger partial charge is 0.507 e. The Balaban J connectivity index is 1.47. The van der Waals surface area contributed by atoms with Crippen molar-refractivity contribution in [2.45, 2.75) is 17.1 Å². The predicted molar refractivity (Wildman–Crippen MR) is 176 cm³/mol. The molecule has 0 saturated carbocycles. The molecule has 4 rings (SSSR count). The van der Waals surface area contributed by atoms with Crippen molar-refractivity contribution < 1.29 is 38.9 Å². The topological polar surface area (TPSA) is 163 Å². The second kappa shape index (κ2) is 15.3. The van der Waals surface area contributed by atoms with Crippen molar-refractivity contribution >= 4 is 52.9 Å². The zero-order valence-electron chi connectivity index (χ0n) is 25.1. The van der Waals surface area contributed by atoms with Crippen molar-refractivity contribution in [1.29, 1.82) is 0 Å². The minimum atomic E-state index is -1.31. The minimum Gasteiger partial charge on any atom is -0.507 e. The molecule has 4 aromatic carbocycles. The second-order valence-electron chi connectivity index (χ2n) is 9.75. The van der Waals surface area contributed by atoms with Crippen molar-refractivity contribution in [3.63, 3.8) is 0 Å². The Hall–Kier alpha value is -5.75. The van der Waals surface area contributed by atoms with Gasteiger partial charge in [-0.1, -0.05) is 18.2 Å². The number of thioether (sulfide) groups is 1. The van der Waals surface area contributed by atoms with Crippen LogP contribution in [0.1, 0.15) is 33.2 Å². The maximum atomic E-state index is 13.4. The first-order chi connectivity index (χ1) is 22.1. The van der Waals surface area contributed by atoms with Crippen LogP contribution in [0.25, 0.3) is 6.08 Å². The number of methoxy groups -OCH3 is 2. The molecule has 0 aliphatic carbocycles. The summed E-state index contributed by atoms with van der Waals surface area (Å²) in [6.07, 6.45) is 1.51. The Bertz CT molecular complexity index is 1780. The highest BCUT2D eigenvalue weighted by atomic mass is 32.2. The van der Waals surface area contributed by atoms with Crippen LogP contribution in [0.5, 0.6) is 17.2 Å². The zero-order chi connectivity index (χ0) is 33.2. The smallest absolute Gasteiger partial charge is 0.339 e. The Labute approximate surface area is 269 Å². The van der Waals surface area contributed by atoms with Gasteiger partial charge in [-0.05, 0) is 79.7 Å². The lowest BCUT2D eigenvalue weighted by Gasteiger charge is -2.14. The van der Waals surface area contributed by atoms with Gasteiger partial charge in [0, 0.05) is 33.5 Å². The quantitative estimate of drug-likeness (QED) is 0.0749. The number of benzene rings is 4. The molecule has 4 aromatic rings. The predicted octanol–water partition coefficient (Wildman–Crippen LogP) is 5.64. The molecule has 0 radical (unpaired) electrons. The number of hydrogen-bond acceptors (Lipinski definition) is 8. The summed E-state index contributed by atoms with van der Waals surface area (Å²) in [7, 11) is 3.01. The van der Waals surface area contributed by atoms with Gasteiger partial charge in [-0.2, -0.15) is 0 Å². The number of carbonyl (C=O) groups excluding carboxylic acids is 3. The molecule has 12 heteroatoms. The molecule has 0 aliphatic rings. The third-order valence-electron chi connectivity index (χ3n) is 6.56. The van der Waals surface area contributed by atoms with Gasteiger partial charge in [0.05, 0.1) is 19.5 Å². The van der Waals surface area contributed by atoms with Crippen LogP contribution in [0.15, 0.2) is 102 Å². The number of carboxylic acid groups (broad SMARTS) is 1. The molecule has 0 aliphatic heterocycles. The molecule has 46 heavy (non-hydrogen) atoms. The summed E-state index contributed by atoms with van der Waals surface area (Å²) in [4.78, 5) is 51.2. The highest BCUT2D eigenvalue weighted by molar-refractivity contribution is 8.00. The molecule has 0 saturated heterocycles. The fraction of sp³-hybridized carbons (Fsp3) is 0.118. The van der Waals surface area contributed by atoms with Crippen LogP contribution in [0.2, 0.25) is 0 Å². The molecule has 1 atom stereocenters. The Morgan fingerprint density at radius 2 is 1.52 bits per heavy atom. The van der Waals surface area contributed by atoms with Crippen molar-refractivity contribution in [1.82, 2.24) is 5.32 Å². The average molecular weight is 642 g/mol. The lowest BCUT2D eigenvalue weighted by Crippen LogP contribution is -2.30. The lowest BCUT2D eigenvalue weighted by molar-refractivity contribution is -0.115. The van der Waals surface area contributed by atoms with Crippen LogP contribution in [0, 0.1) is 0 Å². The summed E-state index contributed by atoms with van der Waals surface area (Å²) in [5, 5.41) is 26.4. The normalized spacial score (nSPS) is 11.6. The monoisotopic (exact) mass is 641 g/mol. The van der Waals surface area contributed by atoms with Gasteiger partial charge in [-0.3, -0.25) is 14.4 Å². The number of rotatable bonds is 12. The maximum Gasteiger partial charge on any atom is 0.339 e. The van der Waals surface area contributed by atoms with Gasteiger partial charge in [0.25, 0.3) is 11.8 Å². The SMILES string of the molecule is COc1ccc(/C=C(\NC(=O)c2ccccc2)C(=O)Nc2ccc(SC(C)C(=O)Nc3ccc(O)c(C(=O)O)c3)cc2)c(OC)c1. The van der Waals surface area contributed by atoms with E-state index in [1.54, 1.807) is 79.7 Å². The second-order valence-corrected chi connectivity index (χ2v) is 11.2. The molecule has 0 fully saturated rings. The van der Waals surface area contributed by atoms with Gasteiger partial charge < -0.3 is 35.6 Å². The fourth-order valence-electron chi connectivity index (χ4n) is 4.14. The lowest BCUT2D eigenvalue weighted by atomic mass is 10.1. The number of anilines is 2. The number of aromatic carboxylic acids is 1. The molecule has 5 N–H and O–H groups in total. The van der Waals surface area contributed by atoms with Crippen molar-refractivity contribution in [3.8, 4) is 17.2 Å². The molecule has 0 bridgehead atoms. The van der Waals surface area contributed by atoms with Gasteiger partial charge in [-0.25, -0.2) is 4.79 Å². The summed E-state index contributed by atoms with van der Waals surface area (Å²) < 4.78 is 10.7. The Kier molecular flexibility index (Phi) is 11.0. The first-order valence-corrected chi connectivity index (χ1v) is 14.7. The number of aromatic hydroxyl groups is 1. The standard InChI is InChI=1S/C34H31N3O8S/c1-20(31(39)36-24-12-16-29(38)27(18-24)34(42)43)46-26-14-10-23(11-15-26)35-33(41)28(37-32(40)21-7-5-4-6-8-21)17-22-9-13-25(44-2)19-30(22)45-3/h4-20,38H,1-3H3,(H,35,41)(H,36,39)(H,37,40)(H,42,43)/b28-17-. The van der Waals surface area contributed by atoms with Crippen LogP contribution < -0.4 is 25.4 Å². The number of nitrogens with one attached hydrogen (secondary N) is 3. The van der Waals surface area contributed by atoms with E-state index in [2.05, 4.69) is 16.0 Å². The van der Waals surface area contributed by atoms with Crippen LogP contribution in [-0.4, -0.2) is 53.4 Å². The van der Waals surface area contributed by atoms with Crippen LogP contribution in [0.3, 0.4) is 0 Å². The molecular formula is C34H31N3O8S. The van der Waals surface area contributed by atoms with E-state index >= 15 is 0 Å². The third-order valence-corrected chi connectivity index (χ3v) is 7.67. The number of carboxylic acids is 1. The average Bonchev–Trinajstić information content (AvgIpc) is 3.06.